The zero-order valence-electron chi connectivity index (χ0n) is 9.94. The Balaban J connectivity index is 2.48. The number of nitrogens with one attached hydrogen (secondary N) is 1. The molecule has 96 valence electrons. The molecule has 17 heavy (non-hydrogen) atoms. The molecule has 0 saturated carbocycles. The standard InChI is InChI=1S/C10H18N4O3/c1-2-4-13-6-7-14(10(17)9(13)16)5-3-8(15)12-11/h2-7,11H2,1H3,(H,12,15). The SMILES string of the molecule is CCCN1CCN(CCC(=O)NN)C(=O)C1=O. The number of hydrogen-bond acceptors (Lipinski definition) is 4. The lowest BCUT2D eigenvalue weighted by Gasteiger charge is -2.33. The molecule has 1 fully saturated rings. The summed E-state index contributed by atoms with van der Waals surface area (Å²) < 4.78 is 0. The van der Waals surface area contributed by atoms with Crippen LogP contribution in [0.5, 0.6) is 0 Å². The molecule has 0 atom stereocenters. The molecule has 0 unspecified atom stereocenters. The lowest BCUT2D eigenvalue weighted by molar-refractivity contribution is -0.156. The van der Waals surface area contributed by atoms with Gasteiger partial charge in [0.15, 0.2) is 0 Å². The van der Waals surface area contributed by atoms with Crippen LogP contribution in [0.15, 0.2) is 0 Å². The van der Waals surface area contributed by atoms with E-state index in [1.165, 1.54) is 4.90 Å². The normalized spacial score (nSPS) is 16.4. The molecule has 0 spiro atoms. The highest BCUT2D eigenvalue weighted by molar-refractivity contribution is 6.35. The average Bonchev–Trinajstić information content (AvgIpc) is 2.34. The molecule has 3 amide bonds. The number of piperazine rings is 1. The van der Waals surface area contributed by atoms with Gasteiger partial charge >= 0.3 is 11.8 Å². The van der Waals surface area contributed by atoms with Crippen molar-refractivity contribution in [1.29, 1.82) is 0 Å². The molecule has 0 aromatic carbocycles. The second-order valence-electron chi connectivity index (χ2n) is 3.90. The van der Waals surface area contributed by atoms with Crippen molar-refractivity contribution in [2.45, 2.75) is 19.8 Å². The third-order valence-corrected chi connectivity index (χ3v) is 2.66. The summed E-state index contributed by atoms with van der Waals surface area (Å²) in [5.41, 5.74) is 1.99. The van der Waals surface area contributed by atoms with Crippen LogP contribution in [-0.2, 0) is 14.4 Å². The van der Waals surface area contributed by atoms with E-state index in [0.29, 0.717) is 19.6 Å². The quantitative estimate of drug-likeness (QED) is 0.264. The van der Waals surface area contributed by atoms with Crippen LogP contribution in [0.25, 0.3) is 0 Å². The van der Waals surface area contributed by atoms with Crippen molar-refractivity contribution in [2.24, 2.45) is 5.84 Å². The molecule has 7 heteroatoms. The summed E-state index contributed by atoms with van der Waals surface area (Å²) in [5.74, 6) is 3.57. The number of carbonyl (C=O) groups excluding carboxylic acids is 3. The Kier molecular flexibility index (Phi) is 4.89. The maximum Gasteiger partial charge on any atom is 0.312 e. The van der Waals surface area contributed by atoms with E-state index in [2.05, 4.69) is 0 Å². The molecule has 0 aliphatic carbocycles. The second-order valence-corrected chi connectivity index (χ2v) is 3.90. The summed E-state index contributed by atoms with van der Waals surface area (Å²) in [6.45, 7) is 3.79. The lowest BCUT2D eigenvalue weighted by atomic mass is 10.2. The van der Waals surface area contributed by atoms with Gasteiger partial charge in [0.25, 0.3) is 0 Å². The summed E-state index contributed by atoms with van der Waals surface area (Å²) in [5, 5.41) is 0. The van der Waals surface area contributed by atoms with E-state index in [1.807, 2.05) is 12.3 Å². The van der Waals surface area contributed by atoms with Gasteiger partial charge in [0.2, 0.25) is 5.91 Å². The van der Waals surface area contributed by atoms with Crippen molar-refractivity contribution in [3.05, 3.63) is 0 Å². The molecule has 0 bridgehead atoms. The predicted molar refractivity (Wildman–Crippen MR) is 60.4 cm³/mol. The number of rotatable bonds is 5. The molecule has 0 radical (unpaired) electrons. The molecule has 1 aliphatic heterocycles. The minimum atomic E-state index is -0.533. The van der Waals surface area contributed by atoms with Crippen molar-refractivity contribution in [3.63, 3.8) is 0 Å². The van der Waals surface area contributed by atoms with Crippen LogP contribution in [0.1, 0.15) is 19.8 Å². The van der Waals surface area contributed by atoms with E-state index in [4.69, 9.17) is 5.84 Å². The fourth-order valence-electron chi connectivity index (χ4n) is 1.72. The van der Waals surface area contributed by atoms with Crippen molar-refractivity contribution in [1.82, 2.24) is 15.2 Å². The first kappa shape index (κ1) is 13.4. The van der Waals surface area contributed by atoms with E-state index in [1.54, 1.807) is 4.90 Å². The summed E-state index contributed by atoms with van der Waals surface area (Å²) in [6.07, 6.45) is 0.942. The molecule has 7 nitrogen and oxygen atoms in total. The van der Waals surface area contributed by atoms with Crippen LogP contribution in [0, 0.1) is 0 Å². The largest absolute Gasteiger partial charge is 0.333 e. The highest BCUT2D eigenvalue weighted by Gasteiger charge is 2.31. The fraction of sp³-hybridized carbons (Fsp3) is 0.700. The number of hydrazine groups is 1. The molecule has 1 rings (SSSR count). The van der Waals surface area contributed by atoms with Crippen molar-refractivity contribution in [2.75, 3.05) is 26.2 Å². The topological polar surface area (TPSA) is 95.7 Å². The number of hydrogen-bond donors (Lipinski definition) is 2. The van der Waals surface area contributed by atoms with Gasteiger partial charge in [-0.2, -0.15) is 0 Å². The van der Waals surface area contributed by atoms with E-state index < -0.39 is 11.8 Å². The highest BCUT2D eigenvalue weighted by atomic mass is 16.2. The Labute approximate surface area is 99.9 Å². The van der Waals surface area contributed by atoms with Gasteiger partial charge < -0.3 is 9.80 Å². The summed E-state index contributed by atoms with van der Waals surface area (Å²) in [7, 11) is 0. The third kappa shape index (κ3) is 3.42. The molecular weight excluding hydrogens is 224 g/mol. The molecular formula is C10H18N4O3. The van der Waals surface area contributed by atoms with Crippen LogP contribution >= 0.6 is 0 Å². The first-order valence-corrected chi connectivity index (χ1v) is 5.67. The maximum absolute atomic E-state index is 11.7. The van der Waals surface area contributed by atoms with Gasteiger partial charge in [-0.3, -0.25) is 19.8 Å². The molecule has 1 aliphatic rings. The van der Waals surface area contributed by atoms with Crippen LogP contribution in [-0.4, -0.2) is 53.7 Å². The molecule has 0 aromatic heterocycles. The molecule has 1 saturated heterocycles. The van der Waals surface area contributed by atoms with Crippen molar-refractivity contribution in [3.8, 4) is 0 Å². The van der Waals surface area contributed by atoms with E-state index >= 15 is 0 Å². The van der Waals surface area contributed by atoms with Gasteiger partial charge in [0, 0.05) is 32.6 Å². The minimum Gasteiger partial charge on any atom is -0.333 e. The van der Waals surface area contributed by atoms with Gasteiger partial charge in [0.1, 0.15) is 0 Å². The number of amides is 3. The van der Waals surface area contributed by atoms with Crippen LogP contribution in [0.2, 0.25) is 0 Å². The summed E-state index contributed by atoms with van der Waals surface area (Å²) in [6, 6.07) is 0. The number of carbonyl (C=O) groups is 3. The number of nitrogens with zero attached hydrogens (tertiary/aromatic N) is 2. The van der Waals surface area contributed by atoms with Gasteiger partial charge in [-0.15, -0.1) is 0 Å². The Bertz CT molecular complexity index is 319. The van der Waals surface area contributed by atoms with E-state index in [-0.39, 0.29) is 18.9 Å². The van der Waals surface area contributed by atoms with Crippen molar-refractivity contribution < 1.29 is 14.4 Å². The minimum absolute atomic E-state index is 0.114. The third-order valence-electron chi connectivity index (χ3n) is 2.66. The Morgan fingerprint density at radius 3 is 2.24 bits per heavy atom. The van der Waals surface area contributed by atoms with Gasteiger partial charge in [-0.25, -0.2) is 5.84 Å². The van der Waals surface area contributed by atoms with Gasteiger partial charge in [-0.05, 0) is 6.42 Å². The monoisotopic (exact) mass is 242 g/mol. The lowest BCUT2D eigenvalue weighted by Crippen LogP contribution is -2.54. The Hall–Kier alpha value is -1.63. The summed E-state index contributed by atoms with van der Waals surface area (Å²) >= 11 is 0. The first-order valence-electron chi connectivity index (χ1n) is 5.67. The van der Waals surface area contributed by atoms with Crippen LogP contribution in [0.4, 0.5) is 0 Å². The van der Waals surface area contributed by atoms with E-state index in [9.17, 15) is 14.4 Å². The van der Waals surface area contributed by atoms with Gasteiger partial charge in [0.05, 0.1) is 0 Å². The molecule has 3 N–H and O–H groups in total. The van der Waals surface area contributed by atoms with Crippen LogP contribution < -0.4 is 11.3 Å². The molecule has 1 heterocycles. The van der Waals surface area contributed by atoms with E-state index in [0.717, 1.165) is 6.42 Å². The van der Waals surface area contributed by atoms with Crippen LogP contribution in [0.3, 0.4) is 0 Å². The highest BCUT2D eigenvalue weighted by Crippen LogP contribution is 2.06. The second kappa shape index (κ2) is 6.19. The Morgan fingerprint density at radius 2 is 1.76 bits per heavy atom. The fourth-order valence-corrected chi connectivity index (χ4v) is 1.72. The zero-order valence-corrected chi connectivity index (χ0v) is 9.94. The average molecular weight is 242 g/mol. The predicted octanol–water partition coefficient (Wildman–Crippen LogP) is -1.55. The van der Waals surface area contributed by atoms with Crippen molar-refractivity contribution >= 4 is 17.7 Å². The number of nitrogens with two attached hydrogens (primary N) is 1. The van der Waals surface area contributed by atoms with Gasteiger partial charge in [-0.1, -0.05) is 6.92 Å². The first-order chi connectivity index (χ1) is 8.10. The maximum atomic E-state index is 11.7. The smallest absolute Gasteiger partial charge is 0.312 e. The summed E-state index contributed by atoms with van der Waals surface area (Å²) in [4.78, 5) is 37.2. The zero-order chi connectivity index (χ0) is 12.8. The Morgan fingerprint density at radius 1 is 1.24 bits per heavy atom. The molecule has 0 aromatic rings.